The Morgan fingerprint density at radius 2 is 1.74 bits per heavy atom. The predicted molar refractivity (Wildman–Crippen MR) is 175 cm³/mol. The summed E-state index contributed by atoms with van der Waals surface area (Å²) in [7, 11) is 0. The molecule has 5 rings (SSSR count). The SMILES string of the molecule is CCCCCN1C/C=C\CCC(=O)N[C@H](C)[C@@H](c2ccccc2)OC(=O)[C@@H]2[C@H]3O[C@@]4(C=C3Br)[C@H](C1=O)N(CCCCCO)C(=O)[C@@H]24. The number of unbranched alkanes of at least 4 members (excludes halogenated alkanes) is 4. The van der Waals surface area contributed by atoms with Crippen molar-refractivity contribution in [2.75, 3.05) is 26.2 Å². The zero-order valence-corrected chi connectivity index (χ0v) is 28.3. The fourth-order valence-corrected chi connectivity index (χ4v) is 8.07. The Morgan fingerprint density at radius 1 is 0.978 bits per heavy atom. The molecular formula is C35H46BrN3O7. The van der Waals surface area contributed by atoms with Gasteiger partial charge in [-0.25, -0.2) is 0 Å². The summed E-state index contributed by atoms with van der Waals surface area (Å²) in [4.78, 5) is 59.6. The number of amides is 3. The van der Waals surface area contributed by atoms with Crippen molar-refractivity contribution in [3.63, 3.8) is 0 Å². The van der Waals surface area contributed by atoms with Crippen LogP contribution in [0.3, 0.4) is 0 Å². The van der Waals surface area contributed by atoms with Crippen LogP contribution in [-0.2, 0) is 28.7 Å². The number of nitrogens with one attached hydrogen (secondary N) is 1. The number of halogens is 1. The number of carbonyl (C=O) groups excluding carboxylic acids is 4. The van der Waals surface area contributed by atoms with Crippen LogP contribution in [0.4, 0.5) is 0 Å². The molecule has 3 amide bonds. The largest absolute Gasteiger partial charge is 0.455 e. The van der Waals surface area contributed by atoms with Gasteiger partial charge in [-0.15, -0.1) is 0 Å². The Bertz CT molecular complexity index is 1340. The minimum absolute atomic E-state index is 0.0518. The van der Waals surface area contributed by atoms with Gasteiger partial charge in [0.25, 0.3) is 0 Å². The summed E-state index contributed by atoms with van der Waals surface area (Å²) in [5.74, 6) is -3.22. The van der Waals surface area contributed by atoms with E-state index in [2.05, 4.69) is 28.2 Å². The molecule has 5 bridgehead atoms. The zero-order valence-electron chi connectivity index (χ0n) is 26.7. The number of fused-ring (bicyclic) bond motifs is 2. The van der Waals surface area contributed by atoms with Crippen molar-refractivity contribution < 1.29 is 33.8 Å². The highest BCUT2D eigenvalue weighted by molar-refractivity contribution is 9.11. The van der Waals surface area contributed by atoms with E-state index in [1.165, 1.54) is 0 Å². The van der Waals surface area contributed by atoms with Crippen LogP contribution in [0, 0.1) is 11.8 Å². The van der Waals surface area contributed by atoms with Crippen LogP contribution in [0.2, 0.25) is 0 Å². The van der Waals surface area contributed by atoms with E-state index in [1.54, 1.807) is 16.7 Å². The van der Waals surface area contributed by atoms with Gasteiger partial charge in [-0.05, 0) is 50.7 Å². The fraction of sp³-hybridized carbons (Fsp3) is 0.600. The van der Waals surface area contributed by atoms with Crippen LogP contribution in [0.15, 0.2) is 53.0 Å². The molecule has 10 nitrogen and oxygen atoms in total. The van der Waals surface area contributed by atoms with Crippen LogP contribution in [0.5, 0.6) is 0 Å². The maximum Gasteiger partial charge on any atom is 0.313 e. The van der Waals surface area contributed by atoms with Gasteiger partial charge < -0.3 is 29.7 Å². The molecule has 0 unspecified atom stereocenters. The van der Waals surface area contributed by atoms with Crippen LogP contribution >= 0.6 is 15.9 Å². The molecule has 4 aliphatic heterocycles. The quantitative estimate of drug-likeness (QED) is 0.213. The van der Waals surface area contributed by atoms with Crippen LogP contribution in [-0.4, -0.2) is 88.6 Å². The Morgan fingerprint density at radius 3 is 2.48 bits per heavy atom. The van der Waals surface area contributed by atoms with Gasteiger partial charge in [0, 0.05) is 37.1 Å². The summed E-state index contributed by atoms with van der Waals surface area (Å²) >= 11 is 3.61. The number of aliphatic hydroxyl groups excluding tert-OH is 1. The Hall–Kier alpha value is -3.02. The second-order valence-corrected chi connectivity index (χ2v) is 13.7. The van der Waals surface area contributed by atoms with Crippen LogP contribution in [0.1, 0.15) is 76.9 Å². The van der Waals surface area contributed by atoms with Crippen molar-refractivity contribution in [3.05, 3.63) is 58.6 Å². The van der Waals surface area contributed by atoms with Gasteiger partial charge in [-0.1, -0.05) is 78.2 Å². The lowest BCUT2D eigenvalue weighted by Gasteiger charge is -2.36. The summed E-state index contributed by atoms with van der Waals surface area (Å²) in [5, 5.41) is 12.3. The van der Waals surface area contributed by atoms with E-state index in [-0.39, 0.29) is 30.7 Å². The third kappa shape index (κ3) is 6.82. The molecule has 250 valence electrons. The maximum atomic E-state index is 14.6. The van der Waals surface area contributed by atoms with E-state index in [0.717, 1.165) is 19.3 Å². The second kappa shape index (κ2) is 15.3. The lowest BCUT2D eigenvalue weighted by molar-refractivity contribution is -0.161. The van der Waals surface area contributed by atoms with E-state index >= 15 is 0 Å². The highest BCUT2D eigenvalue weighted by Crippen LogP contribution is 2.59. The molecule has 1 spiro atoms. The number of aliphatic hydroxyl groups is 1. The van der Waals surface area contributed by atoms with Crippen molar-refractivity contribution in [1.82, 2.24) is 15.1 Å². The third-order valence-electron chi connectivity index (χ3n) is 9.58. The topological polar surface area (TPSA) is 125 Å². The van der Waals surface area contributed by atoms with Gasteiger partial charge in [0.2, 0.25) is 17.7 Å². The predicted octanol–water partition coefficient (Wildman–Crippen LogP) is 4.18. The fourth-order valence-electron chi connectivity index (χ4n) is 7.33. The van der Waals surface area contributed by atoms with Crippen LogP contribution in [0.25, 0.3) is 0 Å². The summed E-state index contributed by atoms with van der Waals surface area (Å²) in [6, 6.07) is 7.75. The van der Waals surface area contributed by atoms with E-state index in [1.807, 2.05) is 48.6 Å². The first-order valence-electron chi connectivity index (χ1n) is 16.7. The van der Waals surface area contributed by atoms with Crippen molar-refractivity contribution in [2.24, 2.45) is 11.8 Å². The molecule has 11 heteroatoms. The highest BCUT2D eigenvalue weighted by Gasteiger charge is 2.74. The lowest BCUT2D eigenvalue weighted by atomic mass is 9.74. The molecule has 0 aliphatic carbocycles. The van der Waals surface area contributed by atoms with Gasteiger partial charge in [0.1, 0.15) is 29.8 Å². The number of carbonyl (C=O) groups is 4. The lowest BCUT2D eigenvalue weighted by Crippen LogP contribution is -2.56. The Kier molecular flexibility index (Phi) is 11.4. The van der Waals surface area contributed by atoms with Crippen LogP contribution < -0.4 is 5.32 Å². The molecule has 2 N–H and O–H groups in total. The molecule has 1 aromatic rings. The van der Waals surface area contributed by atoms with Gasteiger partial charge in [-0.2, -0.15) is 0 Å². The smallest absolute Gasteiger partial charge is 0.313 e. The number of ether oxygens (including phenoxy) is 2. The number of benzene rings is 1. The number of allylic oxidation sites excluding steroid dienone is 1. The summed E-state index contributed by atoms with van der Waals surface area (Å²) in [5.41, 5.74) is -0.616. The number of nitrogens with zero attached hydrogens (tertiary/aromatic N) is 2. The molecule has 4 heterocycles. The third-order valence-corrected chi connectivity index (χ3v) is 10.3. The van der Waals surface area contributed by atoms with Gasteiger partial charge in [0.05, 0.1) is 12.0 Å². The molecule has 7 atom stereocenters. The number of esters is 1. The first-order valence-corrected chi connectivity index (χ1v) is 17.5. The number of rotatable bonds is 10. The molecule has 46 heavy (non-hydrogen) atoms. The van der Waals surface area contributed by atoms with Gasteiger partial charge in [-0.3, -0.25) is 19.2 Å². The number of hydrogen-bond acceptors (Lipinski definition) is 7. The average Bonchev–Trinajstić information content (AvgIpc) is 3.63. The van der Waals surface area contributed by atoms with E-state index in [9.17, 15) is 24.3 Å². The molecule has 2 saturated heterocycles. The molecule has 0 aromatic heterocycles. The first-order chi connectivity index (χ1) is 22.2. The molecule has 0 saturated carbocycles. The van der Waals surface area contributed by atoms with E-state index < -0.39 is 47.7 Å². The minimum atomic E-state index is -1.33. The Balaban J connectivity index is 1.56. The standard InChI is InChI=1S/C35H46BrN3O7/c1-3-4-11-18-38-19-12-6-10-17-26(41)37-23(2)29(24-15-8-5-9-16-24)45-34(44)27-28-32(42)39(20-13-7-14-21-40)31(33(38)43)35(28)22-25(36)30(27)46-35/h5-6,8-9,12,15-16,22-23,27-31,40H,3-4,7,10-11,13-14,17-21H2,1-2H3,(H,37,41)/b12-6-/t23-,27+,28-,29+,30+,31+,35-/m1/s1. The molecule has 1 aromatic carbocycles. The summed E-state index contributed by atoms with van der Waals surface area (Å²) in [6.07, 6.45) is 9.45. The van der Waals surface area contributed by atoms with Crippen molar-refractivity contribution in [3.8, 4) is 0 Å². The van der Waals surface area contributed by atoms with Crippen molar-refractivity contribution >= 4 is 39.6 Å². The molecule has 2 fully saturated rings. The summed E-state index contributed by atoms with van der Waals surface area (Å²) < 4.78 is 13.5. The summed E-state index contributed by atoms with van der Waals surface area (Å²) in [6.45, 7) is 5.11. The van der Waals surface area contributed by atoms with Crippen molar-refractivity contribution in [1.29, 1.82) is 0 Å². The molecule has 4 aliphatic rings. The van der Waals surface area contributed by atoms with Gasteiger partial charge in [0.15, 0.2) is 0 Å². The normalized spacial score (nSPS) is 32.3. The number of hydrogen-bond donors (Lipinski definition) is 2. The second-order valence-electron chi connectivity index (χ2n) is 12.8. The molecule has 0 radical (unpaired) electrons. The Labute approximate surface area is 279 Å². The van der Waals surface area contributed by atoms with Gasteiger partial charge >= 0.3 is 5.97 Å². The zero-order chi connectivity index (χ0) is 32.8. The van der Waals surface area contributed by atoms with E-state index in [0.29, 0.717) is 55.4 Å². The maximum absolute atomic E-state index is 14.6. The number of likely N-dealkylation sites (tertiary alicyclic amines) is 1. The average molecular weight is 701 g/mol. The van der Waals surface area contributed by atoms with Crippen molar-refractivity contribution in [2.45, 2.75) is 95.1 Å². The first kappa shape index (κ1) is 34.3. The molecular weight excluding hydrogens is 654 g/mol. The monoisotopic (exact) mass is 699 g/mol. The highest BCUT2D eigenvalue weighted by atomic mass is 79.9. The number of cyclic esters (lactones) is 1. The minimum Gasteiger partial charge on any atom is -0.455 e. The van der Waals surface area contributed by atoms with E-state index in [4.69, 9.17) is 9.47 Å².